The second-order valence-corrected chi connectivity index (χ2v) is 6.30. The number of rotatable bonds is 8. The fourth-order valence-corrected chi connectivity index (χ4v) is 2.22. The zero-order chi connectivity index (χ0) is 17.4. The van der Waals surface area contributed by atoms with Crippen LogP contribution in [0.3, 0.4) is 0 Å². The summed E-state index contributed by atoms with van der Waals surface area (Å²) in [7, 11) is 0. The summed E-state index contributed by atoms with van der Waals surface area (Å²) in [5.74, 6) is 1.35. The van der Waals surface area contributed by atoms with Crippen LogP contribution in [0.4, 0.5) is 5.69 Å². The maximum atomic E-state index is 12.1. The number of anilines is 1. The maximum absolute atomic E-state index is 12.1. The Bertz CT molecular complexity index is 640. The number of ether oxygens (including phenoxy) is 1. The zero-order valence-electron chi connectivity index (χ0n) is 14.8. The molecule has 1 amide bonds. The quantitative estimate of drug-likeness (QED) is 0.695. The van der Waals surface area contributed by atoms with Crippen molar-refractivity contribution in [1.82, 2.24) is 5.32 Å². The lowest BCUT2D eigenvalue weighted by molar-refractivity contribution is 0.0954. The number of hydrogen-bond donors (Lipinski definition) is 2. The Hall–Kier alpha value is -2.20. The van der Waals surface area contributed by atoms with Gasteiger partial charge >= 0.3 is 0 Å². The molecule has 0 heterocycles. The van der Waals surface area contributed by atoms with Crippen LogP contribution in [0.2, 0.25) is 0 Å². The Morgan fingerprint density at radius 1 is 1.08 bits per heavy atom. The van der Waals surface area contributed by atoms with Crippen LogP contribution in [-0.4, -0.2) is 19.1 Å². The standard InChI is InChI=1S/C20H26N2O2.ClH/c1-15(2)12-14-24-19-9-5-17(6-10-19)20(23)22-13-11-16-3-7-18(21)8-4-16;/h3-10,15H,11-14,21H2,1-2H3,(H,22,23);1H. The monoisotopic (exact) mass is 362 g/mol. The number of halogens is 1. The predicted molar refractivity (Wildman–Crippen MR) is 106 cm³/mol. The normalized spacial score (nSPS) is 10.2. The van der Waals surface area contributed by atoms with Gasteiger partial charge in [-0.25, -0.2) is 0 Å². The first kappa shape index (κ1) is 20.8. The molecule has 2 aromatic rings. The highest BCUT2D eigenvalue weighted by atomic mass is 35.5. The van der Waals surface area contributed by atoms with Crippen molar-refractivity contribution in [2.45, 2.75) is 26.7 Å². The Kier molecular flexibility index (Phi) is 8.86. The van der Waals surface area contributed by atoms with Crippen molar-refractivity contribution in [3.63, 3.8) is 0 Å². The van der Waals surface area contributed by atoms with Gasteiger partial charge in [0.15, 0.2) is 0 Å². The van der Waals surface area contributed by atoms with Crippen LogP contribution < -0.4 is 15.8 Å². The predicted octanol–water partition coefficient (Wildman–Crippen LogP) is 4.09. The highest BCUT2D eigenvalue weighted by molar-refractivity contribution is 5.94. The van der Waals surface area contributed by atoms with E-state index in [1.54, 1.807) is 12.1 Å². The van der Waals surface area contributed by atoms with Crippen LogP contribution in [-0.2, 0) is 6.42 Å². The van der Waals surface area contributed by atoms with E-state index in [9.17, 15) is 4.79 Å². The third-order valence-electron chi connectivity index (χ3n) is 3.76. The highest BCUT2D eigenvalue weighted by Crippen LogP contribution is 2.13. The van der Waals surface area contributed by atoms with Crippen molar-refractivity contribution < 1.29 is 9.53 Å². The SMILES string of the molecule is CC(C)CCOc1ccc(C(=O)NCCc2ccc(N)cc2)cc1.Cl. The van der Waals surface area contributed by atoms with E-state index in [1.165, 1.54) is 0 Å². The summed E-state index contributed by atoms with van der Waals surface area (Å²) in [6, 6.07) is 15.0. The fraction of sp³-hybridized carbons (Fsp3) is 0.350. The van der Waals surface area contributed by atoms with E-state index in [4.69, 9.17) is 10.5 Å². The molecule has 0 saturated carbocycles. The molecule has 0 fully saturated rings. The zero-order valence-corrected chi connectivity index (χ0v) is 15.6. The van der Waals surface area contributed by atoms with Crippen LogP contribution in [0.25, 0.3) is 0 Å². The number of nitrogens with one attached hydrogen (secondary N) is 1. The minimum absolute atomic E-state index is 0. The molecule has 0 aromatic heterocycles. The molecule has 0 aliphatic rings. The molecule has 0 aliphatic heterocycles. The summed E-state index contributed by atoms with van der Waals surface area (Å²) in [5.41, 5.74) is 8.20. The van der Waals surface area contributed by atoms with Gasteiger partial charge in [-0.3, -0.25) is 4.79 Å². The van der Waals surface area contributed by atoms with E-state index in [1.807, 2.05) is 36.4 Å². The van der Waals surface area contributed by atoms with Crippen molar-refractivity contribution in [2.75, 3.05) is 18.9 Å². The van der Waals surface area contributed by atoms with Gasteiger partial charge in [0.05, 0.1) is 6.61 Å². The number of nitrogens with two attached hydrogens (primary N) is 1. The molecular weight excluding hydrogens is 336 g/mol. The van der Waals surface area contributed by atoms with Gasteiger partial charge in [0, 0.05) is 17.8 Å². The van der Waals surface area contributed by atoms with E-state index in [2.05, 4.69) is 19.2 Å². The van der Waals surface area contributed by atoms with Crippen LogP contribution in [0.1, 0.15) is 36.2 Å². The summed E-state index contributed by atoms with van der Waals surface area (Å²) in [6.45, 7) is 5.63. The van der Waals surface area contributed by atoms with Crippen molar-refractivity contribution >= 4 is 24.0 Å². The van der Waals surface area contributed by atoms with Crippen molar-refractivity contribution in [3.05, 3.63) is 59.7 Å². The number of carbonyl (C=O) groups is 1. The molecule has 25 heavy (non-hydrogen) atoms. The minimum atomic E-state index is -0.0702. The Labute approximate surface area is 156 Å². The van der Waals surface area contributed by atoms with Crippen molar-refractivity contribution in [1.29, 1.82) is 0 Å². The van der Waals surface area contributed by atoms with E-state index < -0.39 is 0 Å². The topological polar surface area (TPSA) is 64.3 Å². The Morgan fingerprint density at radius 3 is 2.32 bits per heavy atom. The molecule has 2 rings (SSSR count). The number of benzene rings is 2. The lowest BCUT2D eigenvalue weighted by Crippen LogP contribution is -2.25. The number of carbonyl (C=O) groups excluding carboxylic acids is 1. The van der Waals surface area contributed by atoms with Gasteiger partial charge in [-0.2, -0.15) is 0 Å². The first-order chi connectivity index (χ1) is 11.5. The summed E-state index contributed by atoms with van der Waals surface area (Å²) in [6.07, 6.45) is 1.80. The molecule has 0 aliphatic carbocycles. The van der Waals surface area contributed by atoms with Gasteiger partial charge in [-0.05, 0) is 60.7 Å². The van der Waals surface area contributed by atoms with Gasteiger partial charge in [0.1, 0.15) is 5.75 Å². The third kappa shape index (κ3) is 7.48. The second kappa shape index (κ2) is 10.6. The molecule has 0 radical (unpaired) electrons. The van der Waals surface area contributed by atoms with E-state index in [0.29, 0.717) is 24.6 Å². The summed E-state index contributed by atoms with van der Waals surface area (Å²) in [4.78, 5) is 12.1. The van der Waals surface area contributed by atoms with Crippen molar-refractivity contribution in [3.8, 4) is 5.75 Å². The number of nitrogen functional groups attached to an aromatic ring is 1. The van der Waals surface area contributed by atoms with Gasteiger partial charge in [-0.1, -0.05) is 26.0 Å². The van der Waals surface area contributed by atoms with E-state index in [0.717, 1.165) is 29.8 Å². The molecule has 136 valence electrons. The first-order valence-electron chi connectivity index (χ1n) is 8.40. The van der Waals surface area contributed by atoms with E-state index in [-0.39, 0.29) is 18.3 Å². The number of amides is 1. The fourth-order valence-electron chi connectivity index (χ4n) is 2.22. The molecule has 0 saturated heterocycles. The van der Waals surface area contributed by atoms with Gasteiger partial charge in [0.25, 0.3) is 5.91 Å². The highest BCUT2D eigenvalue weighted by Gasteiger charge is 2.05. The number of hydrogen-bond acceptors (Lipinski definition) is 3. The molecular formula is C20H27ClN2O2. The van der Waals surface area contributed by atoms with Gasteiger partial charge in [-0.15, -0.1) is 12.4 Å². The second-order valence-electron chi connectivity index (χ2n) is 6.30. The van der Waals surface area contributed by atoms with Gasteiger partial charge < -0.3 is 15.8 Å². The molecule has 5 heteroatoms. The van der Waals surface area contributed by atoms with E-state index >= 15 is 0 Å². The molecule has 0 atom stereocenters. The molecule has 0 bridgehead atoms. The Balaban J connectivity index is 0.00000312. The lowest BCUT2D eigenvalue weighted by atomic mass is 10.1. The Morgan fingerprint density at radius 2 is 1.72 bits per heavy atom. The van der Waals surface area contributed by atoms with Crippen LogP contribution in [0.5, 0.6) is 5.75 Å². The van der Waals surface area contributed by atoms with Crippen LogP contribution in [0.15, 0.2) is 48.5 Å². The summed E-state index contributed by atoms with van der Waals surface area (Å²) < 4.78 is 5.66. The molecule has 2 aromatic carbocycles. The smallest absolute Gasteiger partial charge is 0.251 e. The average Bonchev–Trinajstić information content (AvgIpc) is 2.57. The summed E-state index contributed by atoms with van der Waals surface area (Å²) in [5, 5.41) is 2.93. The largest absolute Gasteiger partial charge is 0.494 e. The van der Waals surface area contributed by atoms with Crippen molar-refractivity contribution in [2.24, 2.45) is 5.92 Å². The molecule has 0 unspecified atom stereocenters. The molecule has 0 spiro atoms. The average molecular weight is 363 g/mol. The third-order valence-corrected chi connectivity index (χ3v) is 3.76. The van der Waals surface area contributed by atoms with Crippen LogP contribution in [0, 0.1) is 5.92 Å². The molecule has 3 N–H and O–H groups in total. The first-order valence-corrected chi connectivity index (χ1v) is 8.40. The van der Waals surface area contributed by atoms with Gasteiger partial charge in [0.2, 0.25) is 0 Å². The summed E-state index contributed by atoms with van der Waals surface area (Å²) >= 11 is 0. The molecule has 4 nitrogen and oxygen atoms in total. The minimum Gasteiger partial charge on any atom is -0.494 e. The lowest BCUT2D eigenvalue weighted by Gasteiger charge is -2.09. The van der Waals surface area contributed by atoms with Crippen LogP contribution >= 0.6 is 12.4 Å². The maximum Gasteiger partial charge on any atom is 0.251 e.